The maximum Gasteiger partial charge on any atom is 0.417 e. The average Bonchev–Trinajstić information content (AvgIpc) is 2.73. The van der Waals surface area contributed by atoms with Crippen LogP contribution in [0.1, 0.15) is 29.8 Å². The van der Waals surface area contributed by atoms with Crippen LogP contribution in [-0.4, -0.2) is 9.97 Å². The quantitative estimate of drug-likeness (QED) is 0.374. The van der Waals surface area contributed by atoms with Crippen molar-refractivity contribution in [1.29, 1.82) is 0 Å². The minimum atomic E-state index is -4.43. The van der Waals surface area contributed by atoms with Gasteiger partial charge in [0.25, 0.3) is 0 Å². The fourth-order valence-electron chi connectivity index (χ4n) is 3.36. The topological polar surface area (TPSA) is 35.0 Å². The van der Waals surface area contributed by atoms with Crippen molar-refractivity contribution in [2.75, 3.05) is 0 Å². The molecule has 152 valence electrons. The lowest BCUT2D eigenvalue weighted by Gasteiger charge is -2.17. The molecule has 0 aliphatic rings. The van der Waals surface area contributed by atoms with Gasteiger partial charge in [0.05, 0.1) is 11.1 Å². The van der Waals surface area contributed by atoms with Gasteiger partial charge in [-0.2, -0.15) is 13.2 Å². The van der Waals surface area contributed by atoms with Crippen LogP contribution in [0.4, 0.5) is 13.2 Å². The van der Waals surface area contributed by atoms with Crippen molar-refractivity contribution in [3.8, 4) is 16.9 Å². The zero-order valence-electron chi connectivity index (χ0n) is 16.4. The van der Waals surface area contributed by atoms with Crippen LogP contribution in [0.15, 0.2) is 73.1 Å². The highest BCUT2D eigenvalue weighted by Gasteiger charge is 2.33. The molecule has 30 heavy (non-hydrogen) atoms. The fourth-order valence-corrected chi connectivity index (χ4v) is 3.36. The minimum absolute atomic E-state index is 0.0578. The van der Waals surface area contributed by atoms with Gasteiger partial charge in [-0.25, -0.2) is 0 Å². The van der Waals surface area contributed by atoms with E-state index in [1.165, 1.54) is 6.20 Å². The molecule has 0 N–H and O–H groups in total. The Morgan fingerprint density at radius 3 is 2.43 bits per heavy atom. The van der Waals surface area contributed by atoms with Crippen molar-refractivity contribution >= 4 is 10.9 Å². The van der Waals surface area contributed by atoms with Gasteiger partial charge in [-0.1, -0.05) is 30.3 Å². The molecule has 0 saturated heterocycles. The molecule has 0 spiro atoms. The van der Waals surface area contributed by atoms with E-state index in [0.717, 1.165) is 34.4 Å². The van der Waals surface area contributed by atoms with E-state index in [2.05, 4.69) is 9.97 Å². The third-order valence-corrected chi connectivity index (χ3v) is 4.93. The number of aryl methyl sites for hydroxylation is 1. The van der Waals surface area contributed by atoms with E-state index < -0.39 is 11.7 Å². The second-order valence-electron chi connectivity index (χ2n) is 7.11. The highest BCUT2D eigenvalue weighted by molar-refractivity contribution is 5.80. The summed E-state index contributed by atoms with van der Waals surface area (Å²) in [6.45, 7) is 3.84. The molecule has 0 saturated carbocycles. The Labute approximate surface area is 172 Å². The zero-order chi connectivity index (χ0) is 21.3. The van der Waals surface area contributed by atoms with Gasteiger partial charge in [-0.05, 0) is 55.3 Å². The number of rotatable bonds is 4. The monoisotopic (exact) mass is 408 g/mol. The van der Waals surface area contributed by atoms with Crippen LogP contribution in [0.2, 0.25) is 0 Å². The first kappa shape index (κ1) is 19.9. The smallest absolute Gasteiger partial charge is 0.417 e. The van der Waals surface area contributed by atoms with Crippen LogP contribution in [0.5, 0.6) is 5.75 Å². The highest BCUT2D eigenvalue weighted by atomic mass is 19.4. The molecule has 2 aromatic heterocycles. The Hall–Kier alpha value is -3.41. The van der Waals surface area contributed by atoms with Gasteiger partial charge in [0.1, 0.15) is 11.9 Å². The van der Waals surface area contributed by atoms with Gasteiger partial charge in [-0.3, -0.25) is 9.97 Å². The van der Waals surface area contributed by atoms with Gasteiger partial charge in [0.15, 0.2) is 0 Å². The third-order valence-electron chi connectivity index (χ3n) is 4.93. The molecule has 0 fully saturated rings. The van der Waals surface area contributed by atoms with Crippen molar-refractivity contribution < 1.29 is 17.9 Å². The molecule has 4 aromatic rings. The van der Waals surface area contributed by atoms with Crippen LogP contribution in [0, 0.1) is 6.92 Å². The van der Waals surface area contributed by atoms with Crippen molar-refractivity contribution in [2.24, 2.45) is 0 Å². The summed E-state index contributed by atoms with van der Waals surface area (Å²) in [6.07, 6.45) is -2.32. The van der Waals surface area contributed by atoms with Crippen LogP contribution in [0.25, 0.3) is 22.0 Å². The third kappa shape index (κ3) is 4.13. The first-order valence-electron chi connectivity index (χ1n) is 9.47. The predicted octanol–water partition coefficient (Wildman–Crippen LogP) is 6.76. The normalized spacial score (nSPS) is 12.7. The number of pyridine rings is 2. The summed E-state index contributed by atoms with van der Waals surface area (Å²) < 4.78 is 45.8. The summed E-state index contributed by atoms with van der Waals surface area (Å²) in [5.74, 6) is 0.705. The molecule has 0 aliphatic heterocycles. The summed E-state index contributed by atoms with van der Waals surface area (Å²) in [6, 6.07) is 17.5. The van der Waals surface area contributed by atoms with E-state index in [-0.39, 0.29) is 11.7 Å². The second-order valence-corrected chi connectivity index (χ2v) is 7.11. The Balaban J connectivity index is 1.55. The van der Waals surface area contributed by atoms with Gasteiger partial charge in [0.2, 0.25) is 0 Å². The number of aromatic nitrogens is 2. The van der Waals surface area contributed by atoms with Crippen LogP contribution in [0.3, 0.4) is 0 Å². The molecule has 1 atom stereocenters. The number of alkyl halides is 3. The fraction of sp³-hybridized carbons (Fsp3) is 0.167. The van der Waals surface area contributed by atoms with Gasteiger partial charge in [0, 0.05) is 29.0 Å². The highest BCUT2D eigenvalue weighted by Crippen LogP contribution is 2.37. The summed E-state index contributed by atoms with van der Waals surface area (Å²) in [4.78, 5) is 8.33. The van der Waals surface area contributed by atoms with Crippen molar-refractivity contribution in [2.45, 2.75) is 26.1 Å². The number of hydrogen-bond acceptors (Lipinski definition) is 3. The van der Waals surface area contributed by atoms with Crippen molar-refractivity contribution in [1.82, 2.24) is 9.97 Å². The molecular formula is C24H19F3N2O. The Morgan fingerprint density at radius 2 is 1.70 bits per heavy atom. The molecule has 0 amide bonds. The van der Waals surface area contributed by atoms with E-state index in [4.69, 9.17) is 4.74 Å². The summed E-state index contributed by atoms with van der Waals surface area (Å²) >= 11 is 0. The Kier molecular flexibility index (Phi) is 5.16. The van der Waals surface area contributed by atoms with E-state index in [1.807, 2.05) is 44.2 Å². The van der Waals surface area contributed by atoms with Crippen molar-refractivity contribution in [3.63, 3.8) is 0 Å². The van der Waals surface area contributed by atoms with E-state index >= 15 is 0 Å². The molecular weight excluding hydrogens is 389 g/mol. The second kappa shape index (κ2) is 7.78. The molecule has 0 radical (unpaired) electrons. The lowest BCUT2D eigenvalue weighted by Crippen LogP contribution is -2.07. The number of fused-ring (bicyclic) bond motifs is 1. The van der Waals surface area contributed by atoms with E-state index in [0.29, 0.717) is 11.3 Å². The molecule has 2 aromatic carbocycles. The van der Waals surface area contributed by atoms with Gasteiger partial charge in [-0.15, -0.1) is 0 Å². The SMILES string of the molecule is Cc1ccc2cc(OC(C)c3ccc(-c4cnccc4C(F)(F)F)cc3)ccc2n1. The largest absolute Gasteiger partial charge is 0.486 e. The van der Waals surface area contributed by atoms with Crippen LogP contribution < -0.4 is 4.74 Å². The van der Waals surface area contributed by atoms with Crippen LogP contribution >= 0.6 is 0 Å². The predicted molar refractivity (Wildman–Crippen MR) is 110 cm³/mol. The first-order valence-corrected chi connectivity index (χ1v) is 9.47. The number of nitrogens with zero attached hydrogens (tertiary/aromatic N) is 2. The van der Waals surface area contributed by atoms with E-state index in [9.17, 15) is 13.2 Å². The summed E-state index contributed by atoms with van der Waals surface area (Å²) in [5, 5.41) is 0.983. The van der Waals surface area contributed by atoms with Gasteiger partial charge < -0.3 is 4.74 Å². The van der Waals surface area contributed by atoms with Crippen molar-refractivity contribution in [3.05, 3.63) is 89.9 Å². The maximum absolute atomic E-state index is 13.3. The average molecular weight is 408 g/mol. The summed E-state index contributed by atoms with van der Waals surface area (Å²) in [7, 11) is 0. The lowest BCUT2D eigenvalue weighted by atomic mass is 9.99. The van der Waals surface area contributed by atoms with E-state index in [1.54, 1.807) is 24.3 Å². The summed E-state index contributed by atoms with van der Waals surface area (Å²) in [5.41, 5.74) is 2.53. The molecule has 6 heteroatoms. The number of hydrogen-bond donors (Lipinski definition) is 0. The Morgan fingerprint density at radius 1 is 0.933 bits per heavy atom. The number of halogens is 3. The zero-order valence-corrected chi connectivity index (χ0v) is 16.4. The molecule has 0 aliphatic carbocycles. The molecule has 0 bridgehead atoms. The Bertz CT molecular complexity index is 1190. The molecule has 4 rings (SSSR count). The molecule has 3 nitrogen and oxygen atoms in total. The first-order chi connectivity index (χ1) is 14.3. The van der Waals surface area contributed by atoms with Gasteiger partial charge >= 0.3 is 6.18 Å². The number of benzene rings is 2. The minimum Gasteiger partial charge on any atom is -0.486 e. The molecule has 1 unspecified atom stereocenters. The number of ether oxygens (including phenoxy) is 1. The standard InChI is InChI=1S/C24H19F3N2O/c1-15-3-4-19-13-20(9-10-23(19)29-15)30-16(2)17-5-7-18(8-6-17)21-14-28-12-11-22(21)24(25,26)27/h3-14,16H,1-2H3. The lowest BCUT2D eigenvalue weighted by molar-refractivity contribution is -0.137. The van der Waals surface area contributed by atoms with Crippen LogP contribution in [-0.2, 0) is 6.18 Å². The maximum atomic E-state index is 13.3. The molecule has 2 heterocycles.